The van der Waals surface area contributed by atoms with Gasteiger partial charge in [-0.05, 0) is 23.6 Å². The van der Waals surface area contributed by atoms with Gasteiger partial charge in [-0.2, -0.15) is 11.8 Å². The van der Waals surface area contributed by atoms with Crippen LogP contribution in [0, 0.1) is 0 Å². The lowest BCUT2D eigenvalue weighted by Gasteiger charge is -2.26. The Morgan fingerprint density at radius 1 is 1.20 bits per heavy atom. The molecule has 2 aromatic rings. The molecule has 4 heteroatoms. The molecule has 0 saturated carbocycles. The molecule has 1 aromatic heterocycles. The fraction of sp³-hybridized carbons (Fsp3) is 0.500. The lowest BCUT2D eigenvalue weighted by atomic mass is 10.1. The van der Waals surface area contributed by atoms with Crippen LogP contribution in [0.2, 0.25) is 0 Å². The van der Waals surface area contributed by atoms with Crippen molar-refractivity contribution >= 4 is 33.2 Å². The van der Waals surface area contributed by atoms with Crippen LogP contribution in [-0.4, -0.2) is 36.0 Å². The van der Waals surface area contributed by atoms with Crippen molar-refractivity contribution in [3.63, 3.8) is 0 Å². The summed E-state index contributed by atoms with van der Waals surface area (Å²) in [6, 6.07) is 8.86. The Labute approximate surface area is 129 Å². The van der Waals surface area contributed by atoms with Crippen LogP contribution in [0.4, 0.5) is 0 Å². The van der Waals surface area contributed by atoms with Crippen LogP contribution in [0.3, 0.4) is 0 Å². The van der Waals surface area contributed by atoms with E-state index in [9.17, 15) is 0 Å². The second kappa shape index (κ2) is 6.94. The zero-order valence-corrected chi connectivity index (χ0v) is 13.7. The SMILES string of the molecule is CCNCc1sc2ccccc2c1CN1CCSCC1. The van der Waals surface area contributed by atoms with Gasteiger partial charge >= 0.3 is 0 Å². The maximum absolute atomic E-state index is 3.49. The van der Waals surface area contributed by atoms with Crippen molar-refractivity contribution in [3.05, 3.63) is 34.7 Å². The highest BCUT2D eigenvalue weighted by molar-refractivity contribution is 7.99. The van der Waals surface area contributed by atoms with Crippen molar-refractivity contribution in [2.75, 3.05) is 31.1 Å². The molecule has 3 rings (SSSR count). The van der Waals surface area contributed by atoms with Gasteiger partial charge in [0.05, 0.1) is 0 Å². The number of thiophene rings is 1. The van der Waals surface area contributed by atoms with Gasteiger partial charge < -0.3 is 5.32 Å². The standard InChI is InChI=1S/C16H22N2S2/c1-2-17-11-16-14(12-18-7-9-19-10-8-18)13-5-3-4-6-15(13)20-16/h3-6,17H,2,7-12H2,1H3. The van der Waals surface area contributed by atoms with E-state index in [2.05, 4.69) is 53.2 Å². The number of hydrogen-bond donors (Lipinski definition) is 1. The molecule has 1 fully saturated rings. The summed E-state index contributed by atoms with van der Waals surface area (Å²) in [5.41, 5.74) is 1.55. The van der Waals surface area contributed by atoms with Crippen LogP contribution in [0.5, 0.6) is 0 Å². The van der Waals surface area contributed by atoms with E-state index in [0.717, 1.165) is 19.6 Å². The summed E-state index contributed by atoms with van der Waals surface area (Å²) in [5.74, 6) is 2.56. The van der Waals surface area contributed by atoms with Gasteiger partial charge in [0.25, 0.3) is 0 Å². The third-order valence-corrected chi connectivity index (χ3v) is 5.96. The molecule has 1 saturated heterocycles. The molecule has 0 atom stereocenters. The molecule has 0 unspecified atom stereocenters. The Balaban J connectivity index is 1.88. The zero-order chi connectivity index (χ0) is 13.8. The van der Waals surface area contributed by atoms with Gasteiger partial charge in [-0.1, -0.05) is 25.1 Å². The Morgan fingerprint density at radius 3 is 2.80 bits per heavy atom. The van der Waals surface area contributed by atoms with E-state index in [1.165, 1.54) is 39.6 Å². The molecule has 1 N–H and O–H groups in total. The molecule has 2 nitrogen and oxygen atoms in total. The summed E-state index contributed by atoms with van der Waals surface area (Å²) in [6.07, 6.45) is 0. The Morgan fingerprint density at radius 2 is 2.00 bits per heavy atom. The number of nitrogens with one attached hydrogen (secondary N) is 1. The summed E-state index contributed by atoms with van der Waals surface area (Å²) in [7, 11) is 0. The molecule has 0 bridgehead atoms. The first-order valence-electron chi connectivity index (χ1n) is 7.38. The lowest BCUT2D eigenvalue weighted by molar-refractivity contribution is 0.295. The molecule has 0 amide bonds. The normalized spacial score (nSPS) is 16.9. The minimum absolute atomic E-state index is 1.01. The average molecular weight is 307 g/mol. The maximum Gasteiger partial charge on any atom is 0.0349 e. The first kappa shape index (κ1) is 14.4. The van der Waals surface area contributed by atoms with Gasteiger partial charge in [0.2, 0.25) is 0 Å². The van der Waals surface area contributed by atoms with Crippen LogP contribution in [0.25, 0.3) is 10.1 Å². The molecule has 1 aliphatic rings. The summed E-state index contributed by atoms with van der Waals surface area (Å²) in [5, 5.41) is 4.95. The van der Waals surface area contributed by atoms with Crippen molar-refractivity contribution in [1.82, 2.24) is 10.2 Å². The monoisotopic (exact) mass is 306 g/mol. The molecule has 0 radical (unpaired) electrons. The smallest absolute Gasteiger partial charge is 0.0349 e. The summed E-state index contributed by atoms with van der Waals surface area (Å²) < 4.78 is 1.43. The van der Waals surface area contributed by atoms with Crippen molar-refractivity contribution < 1.29 is 0 Å². The Hall–Kier alpha value is -0.550. The molecule has 20 heavy (non-hydrogen) atoms. The van der Waals surface area contributed by atoms with Gasteiger partial charge in [-0.15, -0.1) is 11.3 Å². The Kier molecular flexibility index (Phi) is 4.99. The fourth-order valence-corrected chi connectivity index (χ4v) is 4.85. The summed E-state index contributed by atoms with van der Waals surface area (Å²) >= 11 is 4.04. The van der Waals surface area contributed by atoms with Crippen LogP contribution in [0.1, 0.15) is 17.4 Å². The number of hydrogen-bond acceptors (Lipinski definition) is 4. The number of fused-ring (bicyclic) bond motifs is 1. The predicted molar refractivity (Wildman–Crippen MR) is 91.8 cm³/mol. The van der Waals surface area contributed by atoms with E-state index >= 15 is 0 Å². The second-order valence-corrected chi connectivity index (χ2v) is 7.53. The summed E-state index contributed by atoms with van der Waals surface area (Å²) in [6.45, 7) is 7.80. The third-order valence-electron chi connectivity index (χ3n) is 3.80. The molecular formula is C16H22N2S2. The molecule has 0 aliphatic carbocycles. The highest BCUT2D eigenvalue weighted by atomic mass is 32.2. The first-order valence-corrected chi connectivity index (χ1v) is 9.35. The van der Waals surface area contributed by atoms with Gasteiger partial charge in [-0.25, -0.2) is 0 Å². The van der Waals surface area contributed by atoms with Crippen LogP contribution in [0.15, 0.2) is 24.3 Å². The number of benzene rings is 1. The average Bonchev–Trinajstić information content (AvgIpc) is 2.84. The van der Waals surface area contributed by atoms with Crippen LogP contribution < -0.4 is 5.32 Å². The van der Waals surface area contributed by atoms with Gasteiger partial charge in [0, 0.05) is 47.3 Å². The van der Waals surface area contributed by atoms with Crippen molar-refractivity contribution in [2.24, 2.45) is 0 Å². The van der Waals surface area contributed by atoms with Crippen LogP contribution in [-0.2, 0) is 13.1 Å². The maximum atomic E-state index is 3.49. The number of rotatable bonds is 5. The van der Waals surface area contributed by atoms with Gasteiger partial charge in [0.1, 0.15) is 0 Å². The van der Waals surface area contributed by atoms with E-state index < -0.39 is 0 Å². The van der Waals surface area contributed by atoms with E-state index in [1.54, 1.807) is 5.56 Å². The molecule has 108 valence electrons. The van der Waals surface area contributed by atoms with Gasteiger partial charge in [0.15, 0.2) is 0 Å². The highest BCUT2D eigenvalue weighted by Crippen LogP contribution is 2.32. The minimum Gasteiger partial charge on any atom is -0.312 e. The summed E-state index contributed by atoms with van der Waals surface area (Å²) in [4.78, 5) is 4.13. The van der Waals surface area contributed by atoms with Crippen molar-refractivity contribution in [1.29, 1.82) is 0 Å². The van der Waals surface area contributed by atoms with Crippen LogP contribution >= 0.6 is 23.1 Å². The van der Waals surface area contributed by atoms with Gasteiger partial charge in [-0.3, -0.25) is 4.90 Å². The molecule has 1 aromatic carbocycles. The minimum atomic E-state index is 1.01. The van der Waals surface area contributed by atoms with E-state index in [4.69, 9.17) is 0 Å². The number of nitrogens with zero attached hydrogens (tertiary/aromatic N) is 1. The third kappa shape index (κ3) is 3.19. The van der Waals surface area contributed by atoms with E-state index in [0.29, 0.717) is 0 Å². The largest absolute Gasteiger partial charge is 0.312 e. The topological polar surface area (TPSA) is 15.3 Å². The molecule has 0 spiro atoms. The predicted octanol–water partition coefficient (Wildman–Crippen LogP) is 3.56. The fourth-order valence-electron chi connectivity index (χ4n) is 2.69. The first-order chi connectivity index (χ1) is 9.88. The quantitative estimate of drug-likeness (QED) is 0.909. The zero-order valence-electron chi connectivity index (χ0n) is 12.0. The Bertz CT molecular complexity index is 559. The highest BCUT2D eigenvalue weighted by Gasteiger charge is 2.16. The molecular weight excluding hydrogens is 284 g/mol. The van der Waals surface area contributed by atoms with E-state index in [1.807, 2.05) is 11.3 Å². The molecule has 2 heterocycles. The van der Waals surface area contributed by atoms with Crippen molar-refractivity contribution in [2.45, 2.75) is 20.0 Å². The van der Waals surface area contributed by atoms with Crippen molar-refractivity contribution in [3.8, 4) is 0 Å². The van der Waals surface area contributed by atoms with E-state index in [-0.39, 0.29) is 0 Å². The molecule has 1 aliphatic heterocycles. The lowest BCUT2D eigenvalue weighted by Crippen LogP contribution is -2.32. The second-order valence-electron chi connectivity index (χ2n) is 5.17. The number of thioether (sulfide) groups is 1.